The topological polar surface area (TPSA) is 87.4 Å². The molecular formula is C20H28N6O2. The Balaban J connectivity index is 1.71. The Morgan fingerprint density at radius 3 is 2.46 bits per heavy atom. The number of piperazine rings is 1. The van der Waals surface area contributed by atoms with Gasteiger partial charge in [0, 0.05) is 68.2 Å². The maximum absolute atomic E-state index is 10.9. The molecule has 1 N–H and O–H groups in total. The number of hydrogen-bond acceptors (Lipinski definition) is 7. The molecule has 1 aromatic heterocycles. The van der Waals surface area contributed by atoms with Crippen LogP contribution in [0.1, 0.15) is 19.5 Å². The number of benzene rings is 1. The van der Waals surface area contributed by atoms with E-state index in [1.54, 1.807) is 12.1 Å². The molecule has 0 spiro atoms. The van der Waals surface area contributed by atoms with Crippen molar-refractivity contribution in [1.82, 2.24) is 19.8 Å². The molecule has 8 nitrogen and oxygen atoms in total. The van der Waals surface area contributed by atoms with E-state index in [2.05, 4.69) is 46.0 Å². The summed E-state index contributed by atoms with van der Waals surface area (Å²) in [5.41, 5.74) is 1.78. The molecule has 2 aromatic rings. The molecule has 0 aliphatic carbocycles. The van der Waals surface area contributed by atoms with E-state index in [0.717, 1.165) is 56.2 Å². The van der Waals surface area contributed by atoms with Crippen LogP contribution in [0.4, 0.5) is 11.5 Å². The van der Waals surface area contributed by atoms with Crippen molar-refractivity contribution in [2.45, 2.75) is 26.3 Å². The van der Waals surface area contributed by atoms with Crippen LogP contribution in [0.3, 0.4) is 0 Å². The zero-order valence-corrected chi connectivity index (χ0v) is 16.8. The summed E-state index contributed by atoms with van der Waals surface area (Å²) in [6.45, 7) is 9.46. The van der Waals surface area contributed by atoms with Crippen LogP contribution in [0.2, 0.25) is 0 Å². The van der Waals surface area contributed by atoms with E-state index < -0.39 is 4.92 Å². The van der Waals surface area contributed by atoms with Gasteiger partial charge in [-0.1, -0.05) is 6.92 Å². The molecule has 1 fully saturated rings. The first-order valence-corrected chi connectivity index (χ1v) is 9.75. The second-order valence-corrected chi connectivity index (χ2v) is 7.29. The monoisotopic (exact) mass is 384 g/mol. The largest absolute Gasteiger partial charge is 0.368 e. The highest BCUT2D eigenvalue weighted by molar-refractivity contribution is 5.59. The van der Waals surface area contributed by atoms with Crippen molar-refractivity contribution in [3.63, 3.8) is 0 Å². The molecule has 150 valence electrons. The van der Waals surface area contributed by atoms with Crippen molar-refractivity contribution in [1.29, 1.82) is 0 Å². The van der Waals surface area contributed by atoms with Gasteiger partial charge in [-0.2, -0.15) is 0 Å². The summed E-state index contributed by atoms with van der Waals surface area (Å²) >= 11 is 0. The highest BCUT2D eigenvalue weighted by Crippen LogP contribution is 2.21. The molecular weight excluding hydrogens is 356 g/mol. The second kappa shape index (κ2) is 9.07. The quantitative estimate of drug-likeness (QED) is 0.580. The first kappa shape index (κ1) is 20.2. The van der Waals surface area contributed by atoms with Gasteiger partial charge in [0.1, 0.15) is 5.82 Å². The lowest BCUT2D eigenvalue weighted by Crippen LogP contribution is -2.49. The van der Waals surface area contributed by atoms with E-state index >= 15 is 0 Å². The third-order valence-corrected chi connectivity index (χ3v) is 5.22. The number of nitrogens with one attached hydrogen (secondary N) is 1. The normalized spacial score (nSPS) is 16.7. The highest BCUT2D eigenvalue weighted by atomic mass is 16.6. The zero-order valence-electron chi connectivity index (χ0n) is 16.8. The van der Waals surface area contributed by atoms with E-state index in [1.165, 1.54) is 12.1 Å². The number of aryl methyl sites for hydroxylation is 1. The average molecular weight is 384 g/mol. The van der Waals surface area contributed by atoms with Crippen LogP contribution in [0.15, 0.2) is 30.3 Å². The van der Waals surface area contributed by atoms with E-state index in [-0.39, 0.29) is 5.69 Å². The van der Waals surface area contributed by atoms with E-state index in [9.17, 15) is 10.1 Å². The summed E-state index contributed by atoms with van der Waals surface area (Å²) in [5, 5.41) is 14.3. The van der Waals surface area contributed by atoms with Crippen LogP contribution < -0.4 is 5.32 Å². The van der Waals surface area contributed by atoms with E-state index in [0.29, 0.717) is 11.9 Å². The number of nitro benzene ring substituents is 1. The summed E-state index contributed by atoms with van der Waals surface area (Å²) in [6, 6.07) is 8.76. The van der Waals surface area contributed by atoms with Gasteiger partial charge >= 0.3 is 0 Å². The van der Waals surface area contributed by atoms with Gasteiger partial charge in [0.2, 0.25) is 0 Å². The lowest BCUT2D eigenvalue weighted by Gasteiger charge is -2.36. The van der Waals surface area contributed by atoms with E-state index in [4.69, 9.17) is 0 Å². The molecule has 8 heteroatoms. The fourth-order valence-electron chi connectivity index (χ4n) is 3.27. The smallest absolute Gasteiger partial charge is 0.269 e. The zero-order chi connectivity index (χ0) is 20.1. The Labute approximate surface area is 165 Å². The van der Waals surface area contributed by atoms with Crippen molar-refractivity contribution >= 4 is 11.5 Å². The van der Waals surface area contributed by atoms with Crippen molar-refractivity contribution < 1.29 is 4.92 Å². The van der Waals surface area contributed by atoms with Crippen molar-refractivity contribution in [3.05, 3.63) is 46.1 Å². The van der Waals surface area contributed by atoms with Gasteiger partial charge in [0.25, 0.3) is 5.69 Å². The Bertz CT molecular complexity index is 803. The third-order valence-electron chi connectivity index (χ3n) is 5.22. The number of hydrogen-bond donors (Lipinski definition) is 1. The maximum Gasteiger partial charge on any atom is 0.269 e. The number of likely N-dealkylation sites (N-methyl/N-ethyl adjacent to an activating group) is 1. The molecule has 0 bridgehead atoms. The number of non-ortho nitro benzene ring substituents is 1. The molecule has 1 aliphatic heterocycles. The lowest BCUT2D eigenvalue weighted by atomic mass is 10.2. The molecule has 1 saturated heterocycles. The molecule has 0 radical (unpaired) electrons. The number of nitrogens with zero attached hydrogens (tertiary/aromatic N) is 5. The second-order valence-electron chi connectivity index (χ2n) is 7.29. The predicted molar refractivity (Wildman–Crippen MR) is 111 cm³/mol. The minimum absolute atomic E-state index is 0.0646. The first-order valence-electron chi connectivity index (χ1n) is 9.75. The Morgan fingerprint density at radius 1 is 1.18 bits per heavy atom. The van der Waals surface area contributed by atoms with E-state index in [1.807, 2.05) is 6.07 Å². The summed E-state index contributed by atoms with van der Waals surface area (Å²) in [4.78, 5) is 24.5. The Hall–Kier alpha value is -2.58. The fraction of sp³-hybridized carbons (Fsp3) is 0.500. The van der Waals surface area contributed by atoms with Gasteiger partial charge in [-0.25, -0.2) is 9.97 Å². The number of aromatic nitrogens is 2. The molecule has 0 amide bonds. The highest BCUT2D eigenvalue weighted by Gasteiger charge is 2.19. The van der Waals surface area contributed by atoms with Crippen LogP contribution in [0.25, 0.3) is 11.4 Å². The molecule has 1 aromatic carbocycles. The van der Waals surface area contributed by atoms with Crippen molar-refractivity contribution in [2.75, 3.05) is 45.1 Å². The predicted octanol–water partition coefficient (Wildman–Crippen LogP) is 2.66. The maximum atomic E-state index is 10.9. The third kappa shape index (κ3) is 5.02. The lowest BCUT2D eigenvalue weighted by molar-refractivity contribution is -0.384. The molecule has 1 unspecified atom stereocenters. The molecule has 2 heterocycles. The van der Waals surface area contributed by atoms with Crippen LogP contribution in [0.5, 0.6) is 0 Å². The van der Waals surface area contributed by atoms with Gasteiger partial charge in [-0.15, -0.1) is 0 Å². The molecule has 0 saturated carbocycles. The molecule has 1 aliphatic rings. The molecule has 1 atom stereocenters. The Morgan fingerprint density at radius 2 is 1.86 bits per heavy atom. The summed E-state index contributed by atoms with van der Waals surface area (Å²) in [5.74, 6) is 1.38. The average Bonchev–Trinajstić information content (AvgIpc) is 2.72. The van der Waals surface area contributed by atoms with Gasteiger partial charge < -0.3 is 10.2 Å². The number of anilines is 1. The number of rotatable bonds is 7. The summed E-state index contributed by atoms with van der Waals surface area (Å²) < 4.78 is 0. The van der Waals surface area contributed by atoms with Gasteiger partial charge in [-0.3, -0.25) is 15.0 Å². The first-order chi connectivity index (χ1) is 13.5. The number of nitro groups is 1. The molecule has 3 rings (SSSR count). The SMILES string of the molecule is CCc1cc(NCC(C)N2CCN(C)CC2)nc(-c2ccc([N+](=O)[O-])cc2)n1. The summed E-state index contributed by atoms with van der Waals surface area (Å²) in [6.07, 6.45) is 0.797. The van der Waals surface area contributed by atoms with Gasteiger partial charge in [0.15, 0.2) is 5.82 Å². The van der Waals surface area contributed by atoms with Crippen LogP contribution in [-0.4, -0.2) is 70.5 Å². The summed E-state index contributed by atoms with van der Waals surface area (Å²) in [7, 11) is 2.16. The van der Waals surface area contributed by atoms with Crippen molar-refractivity contribution in [3.8, 4) is 11.4 Å². The minimum Gasteiger partial charge on any atom is -0.368 e. The molecule has 28 heavy (non-hydrogen) atoms. The van der Waals surface area contributed by atoms with Crippen LogP contribution in [-0.2, 0) is 6.42 Å². The van der Waals surface area contributed by atoms with Gasteiger partial charge in [-0.05, 0) is 32.5 Å². The van der Waals surface area contributed by atoms with Crippen molar-refractivity contribution in [2.24, 2.45) is 0 Å². The van der Waals surface area contributed by atoms with Crippen LogP contribution >= 0.6 is 0 Å². The van der Waals surface area contributed by atoms with Gasteiger partial charge in [0.05, 0.1) is 4.92 Å². The standard InChI is InChI=1S/C20H28N6O2/c1-4-17-13-19(21-14-15(2)25-11-9-24(3)10-12-25)23-20(22-17)16-5-7-18(8-6-16)26(27)28/h5-8,13,15H,4,9-12,14H2,1-3H3,(H,21,22,23). The minimum atomic E-state index is -0.403. The fourth-order valence-corrected chi connectivity index (χ4v) is 3.27. The Kier molecular flexibility index (Phi) is 6.53. The van der Waals surface area contributed by atoms with Crippen LogP contribution in [0, 0.1) is 10.1 Å².